The molecule has 1 atom stereocenters. The molecular formula is C14H18BrF3N2O. The van der Waals surface area contributed by atoms with E-state index < -0.39 is 6.36 Å². The van der Waals surface area contributed by atoms with Crippen molar-refractivity contribution in [3.05, 3.63) is 28.2 Å². The average Bonchev–Trinajstić information content (AvgIpc) is 2.77. The monoisotopic (exact) mass is 366 g/mol. The van der Waals surface area contributed by atoms with Gasteiger partial charge in [-0.1, -0.05) is 6.07 Å². The molecular weight excluding hydrogens is 349 g/mol. The molecule has 1 aromatic rings. The van der Waals surface area contributed by atoms with Gasteiger partial charge in [0.05, 0.1) is 4.47 Å². The maximum atomic E-state index is 12.2. The van der Waals surface area contributed by atoms with Gasteiger partial charge < -0.3 is 15.0 Å². The average molecular weight is 367 g/mol. The Balaban J connectivity index is 1.85. The predicted octanol–water partition coefficient (Wildman–Crippen LogP) is 3.53. The fraction of sp³-hybridized carbons (Fsp3) is 0.571. The van der Waals surface area contributed by atoms with Gasteiger partial charge in [-0.3, -0.25) is 0 Å². The molecule has 2 rings (SSSR count). The lowest BCUT2D eigenvalue weighted by atomic mass is 10.2. The normalized spacial score (nSPS) is 20.0. The summed E-state index contributed by atoms with van der Waals surface area (Å²) >= 11 is 3.11. The van der Waals surface area contributed by atoms with E-state index in [-0.39, 0.29) is 5.75 Å². The van der Waals surface area contributed by atoms with Crippen LogP contribution in [0.2, 0.25) is 0 Å². The van der Waals surface area contributed by atoms with Crippen LogP contribution in [-0.2, 0) is 6.54 Å². The second-order valence-electron chi connectivity index (χ2n) is 5.22. The summed E-state index contributed by atoms with van der Waals surface area (Å²) in [6, 6.07) is 5.15. The Morgan fingerprint density at radius 3 is 2.76 bits per heavy atom. The minimum atomic E-state index is -4.67. The maximum Gasteiger partial charge on any atom is 0.573 e. The Bertz CT molecular complexity index is 482. The molecule has 1 heterocycles. The highest BCUT2D eigenvalue weighted by Gasteiger charge is 2.31. The standard InChI is InChI=1S/C14H18BrF3N2O/c1-20-6-2-3-11(20)9-19-8-10-4-5-13(12(15)7-10)21-14(16,17)18/h4-5,7,11,19H,2-3,6,8-9H2,1H3. The zero-order valence-corrected chi connectivity index (χ0v) is 13.3. The number of likely N-dealkylation sites (tertiary alicyclic amines) is 1. The number of ether oxygens (including phenoxy) is 1. The number of nitrogens with zero attached hydrogens (tertiary/aromatic N) is 1. The van der Waals surface area contributed by atoms with Crippen LogP contribution in [0.1, 0.15) is 18.4 Å². The van der Waals surface area contributed by atoms with Crippen LogP contribution in [0.5, 0.6) is 5.75 Å². The van der Waals surface area contributed by atoms with Crippen LogP contribution in [0, 0.1) is 0 Å². The zero-order chi connectivity index (χ0) is 15.5. The van der Waals surface area contributed by atoms with Crippen molar-refractivity contribution in [2.24, 2.45) is 0 Å². The number of benzene rings is 1. The molecule has 1 unspecified atom stereocenters. The molecule has 118 valence electrons. The van der Waals surface area contributed by atoms with E-state index >= 15 is 0 Å². The molecule has 0 saturated carbocycles. The highest BCUT2D eigenvalue weighted by atomic mass is 79.9. The van der Waals surface area contributed by atoms with Gasteiger partial charge in [0.1, 0.15) is 5.75 Å². The van der Waals surface area contributed by atoms with E-state index in [1.54, 1.807) is 12.1 Å². The van der Waals surface area contributed by atoms with E-state index in [2.05, 4.69) is 37.9 Å². The number of hydrogen-bond donors (Lipinski definition) is 1. The first-order chi connectivity index (χ1) is 9.85. The molecule has 1 aromatic carbocycles. The Kier molecular flexibility index (Phi) is 5.51. The summed E-state index contributed by atoms with van der Waals surface area (Å²) in [5, 5.41) is 3.34. The van der Waals surface area contributed by atoms with Crippen molar-refractivity contribution < 1.29 is 17.9 Å². The van der Waals surface area contributed by atoms with E-state index in [9.17, 15) is 13.2 Å². The quantitative estimate of drug-likeness (QED) is 0.862. The van der Waals surface area contributed by atoms with Gasteiger partial charge in [-0.05, 0) is 60.1 Å². The fourth-order valence-corrected chi connectivity index (χ4v) is 2.99. The summed E-state index contributed by atoms with van der Waals surface area (Å²) in [4.78, 5) is 2.32. The first-order valence-corrected chi connectivity index (χ1v) is 7.59. The van der Waals surface area contributed by atoms with Crippen molar-refractivity contribution in [2.75, 3.05) is 20.1 Å². The third-order valence-electron chi connectivity index (χ3n) is 3.60. The zero-order valence-electron chi connectivity index (χ0n) is 11.7. The van der Waals surface area contributed by atoms with Crippen LogP contribution >= 0.6 is 15.9 Å². The Labute approximate surface area is 130 Å². The molecule has 0 aliphatic carbocycles. The van der Waals surface area contributed by atoms with Crippen LogP contribution in [0.25, 0.3) is 0 Å². The highest BCUT2D eigenvalue weighted by Crippen LogP contribution is 2.31. The van der Waals surface area contributed by atoms with Gasteiger partial charge >= 0.3 is 6.36 Å². The summed E-state index contributed by atoms with van der Waals surface area (Å²) in [5.41, 5.74) is 0.914. The number of hydrogen-bond acceptors (Lipinski definition) is 3. The first kappa shape index (κ1) is 16.6. The molecule has 0 aromatic heterocycles. The third kappa shape index (κ3) is 5.16. The molecule has 21 heavy (non-hydrogen) atoms. The SMILES string of the molecule is CN1CCCC1CNCc1ccc(OC(F)(F)F)c(Br)c1. The van der Waals surface area contributed by atoms with Crippen molar-refractivity contribution >= 4 is 15.9 Å². The van der Waals surface area contributed by atoms with Crippen molar-refractivity contribution in [3.63, 3.8) is 0 Å². The fourth-order valence-electron chi connectivity index (χ4n) is 2.48. The lowest BCUT2D eigenvalue weighted by molar-refractivity contribution is -0.274. The van der Waals surface area contributed by atoms with Gasteiger partial charge in [-0.2, -0.15) is 0 Å². The van der Waals surface area contributed by atoms with Crippen LogP contribution in [-0.4, -0.2) is 37.4 Å². The molecule has 7 heteroatoms. The topological polar surface area (TPSA) is 24.5 Å². The molecule has 0 bridgehead atoms. The first-order valence-electron chi connectivity index (χ1n) is 6.80. The Morgan fingerprint density at radius 2 is 2.19 bits per heavy atom. The van der Waals surface area contributed by atoms with E-state index in [1.807, 2.05) is 0 Å². The van der Waals surface area contributed by atoms with Crippen molar-refractivity contribution in [1.29, 1.82) is 0 Å². The molecule has 1 aliphatic heterocycles. The second kappa shape index (κ2) is 6.98. The molecule has 0 amide bonds. The molecule has 1 saturated heterocycles. The molecule has 1 N–H and O–H groups in total. The maximum absolute atomic E-state index is 12.2. The smallest absolute Gasteiger partial charge is 0.405 e. The van der Waals surface area contributed by atoms with Gasteiger partial charge in [-0.15, -0.1) is 13.2 Å². The Morgan fingerprint density at radius 1 is 1.43 bits per heavy atom. The largest absolute Gasteiger partial charge is 0.573 e. The highest BCUT2D eigenvalue weighted by molar-refractivity contribution is 9.10. The third-order valence-corrected chi connectivity index (χ3v) is 4.22. The van der Waals surface area contributed by atoms with E-state index in [1.165, 1.54) is 18.9 Å². The molecule has 1 aliphatic rings. The molecule has 3 nitrogen and oxygen atoms in total. The van der Waals surface area contributed by atoms with E-state index in [0.29, 0.717) is 17.1 Å². The number of nitrogens with one attached hydrogen (secondary N) is 1. The van der Waals surface area contributed by atoms with Gasteiger partial charge in [0.2, 0.25) is 0 Å². The number of rotatable bonds is 5. The molecule has 1 fully saturated rings. The molecule has 0 spiro atoms. The summed E-state index contributed by atoms with van der Waals surface area (Å²) in [6.45, 7) is 2.63. The number of likely N-dealkylation sites (N-methyl/N-ethyl adjacent to an activating group) is 1. The minimum Gasteiger partial charge on any atom is -0.405 e. The van der Waals surface area contributed by atoms with Gasteiger partial charge in [0.25, 0.3) is 0 Å². The lowest BCUT2D eigenvalue weighted by Crippen LogP contribution is -2.35. The van der Waals surface area contributed by atoms with Crippen LogP contribution in [0.3, 0.4) is 0 Å². The Hall–Kier alpha value is -0.790. The van der Waals surface area contributed by atoms with E-state index in [0.717, 1.165) is 18.7 Å². The van der Waals surface area contributed by atoms with Crippen molar-refractivity contribution in [3.8, 4) is 5.75 Å². The van der Waals surface area contributed by atoms with Crippen molar-refractivity contribution in [2.45, 2.75) is 31.8 Å². The van der Waals surface area contributed by atoms with Crippen LogP contribution in [0.15, 0.2) is 22.7 Å². The summed E-state index contributed by atoms with van der Waals surface area (Å²) < 4.78 is 40.7. The van der Waals surface area contributed by atoms with Gasteiger partial charge in [-0.25, -0.2) is 0 Å². The van der Waals surface area contributed by atoms with Gasteiger partial charge in [0, 0.05) is 19.1 Å². The number of halogens is 4. The van der Waals surface area contributed by atoms with E-state index in [4.69, 9.17) is 0 Å². The van der Waals surface area contributed by atoms with Crippen LogP contribution < -0.4 is 10.1 Å². The summed E-state index contributed by atoms with van der Waals surface area (Å²) in [6.07, 6.45) is -2.27. The minimum absolute atomic E-state index is 0.221. The molecule has 0 radical (unpaired) electrons. The summed E-state index contributed by atoms with van der Waals surface area (Å²) in [5.74, 6) is -0.221. The van der Waals surface area contributed by atoms with Crippen LogP contribution in [0.4, 0.5) is 13.2 Å². The van der Waals surface area contributed by atoms with Crippen molar-refractivity contribution in [1.82, 2.24) is 10.2 Å². The number of alkyl halides is 3. The lowest BCUT2D eigenvalue weighted by Gasteiger charge is -2.19. The summed E-state index contributed by atoms with van der Waals surface area (Å²) in [7, 11) is 2.11. The predicted molar refractivity (Wildman–Crippen MR) is 78.2 cm³/mol. The van der Waals surface area contributed by atoms with Gasteiger partial charge in [0.15, 0.2) is 0 Å². The second-order valence-corrected chi connectivity index (χ2v) is 6.07.